The molecule has 3 N–H and O–H groups in total. The van der Waals surface area contributed by atoms with Crippen LogP contribution in [0.2, 0.25) is 5.02 Å². The lowest BCUT2D eigenvalue weighted by Gasteiger charge is -2.32. The molecule has 51 heavy (non-hydrogen) atoms. The van der Waals surface area contributed by atoms with Crippen molar-refractivity contribution in [3.8, 4) is 11.5 Å². The standard InChI is InChI=1S/C34H35ClN10O6/c1-36-29(47)18-50-27-15-19-14-20(4-7-25(19)42(2)32(27)48)38-30-24(35)17-37-33(40-30)44-11-8-21(9-12-44)51-22-5-6-23-26(16-22)43(3)41-31(23)45-13-10-28(46)39-34(45)49/h4-7,14-17,21H,8-13,18H2,1-3H3,(H,36,47)(H,37,38,40)(H,39,46,49). The van der Waals surface area contributed by atoms with Crippen LogP contribution in [-0.2, 0) is 23.7 Å². The number of imide groups is 1. The molecule has 7 rings (SSSR count). The highest BCUT2D eigenvalue weighted by Crippen LogP contribution is 2.32. The van der Waals surface area contributed by atoms with Gasteiger partial charge in [0.05, 0.1) is 17.2 Å². The molecule has 2 saturated heterocycles. The van der Waals surface area contributed by atoms with Crippen molar-refractivity contribution in [1.29, 1.82) is 0 Å². The number of nitrogens with zero attached hydrogens (tertiary/aromatic N) is 7. The first-order chi connectivity index (χ1) is 24.6. The molecule has 0 radical (unpaired) electrons. The predicted octanol–water partition coefficient (Wildman–Crippen LogP) is 3.23. The Balaban J connectivity index is 1.01. The zero-order chi connectivity index (χ0) is 35.8. The second-order valence-electron chi connectivity index (χ2n) is 12.3. The molecule has 0 aliphatic carbocycles. The van der Waals surface area contributed by atoms with Crippen LogP contribution in [0.1, 0.15) is 19.3 Å². The molecular formula is C34H35ClN10O6. The molecule has 264 valence electrons. The molecule has 0 unspecified atom stereocenters. The molecule has 4 amide bonds. The number of anilines is 4. The van der Waals surface area contributed by atoms with Crippen molar-refractivity contribution >= 4 is 74.5 Å². The van der Waals surface area contributed by atoms with Crippen LogP contribution in [0.25, 0.3) is 21.8 Å². The van der Waals surface area contributed by atoms with Crippen molar-refractivity contribution in [2.75, 3.05) is 48.4 Å². The molecule has 0 saturated carbocycles. The average molecular weight is 715 g/mol. The number of pyridine rings is 1. The van der Waals surface area contributed by atoms with E-state index < -0.39 is 6.03 Å². The SMILES string of the molecule is CNC(=O)COc1cc2cc(Nc3nc(N4CCC(Oc5ccc6c(N7CCC(=O)NC7=O)nn(C)c6c5)CC4)ncc3Cl)ccc2n(C)c1=O. The van der Waals surface area contributed by atoms with E-state index in [1.807, 2.05) is 43.4 Å². The number of likely N-dealkylation sites (N-methyl/N-ethyl adjacent to an activating group) is 1. The van der Waals surface area contributed by atoms with Crippen molar-refractivity contribution in [3.05, 3.63) is 64.0 Å². The summed E-state index contributed by atoms with van der Waals surface area (Å²) in [6.07, 6.45) is 3.22. The number of nitrogens with one attached hydrogen (secondary N) is 3. The van der Waals surface area contributed by atoms with E-state index >= 15 is 0 Å². The van der Waals surface area contributed by atoms with E-state index in [9.17, 15) is 19.2 Å². The number of carbonyl (C=O) groups is 3. The summed E-state index contributed by atoms with van der Waals surface area (Å²) in [4.78, 5) is 61.2. The first-order valence-corrected chi connectivity index (χ1v) is 16.7. The third-order valence-electron chi connectivity index (χ3n) is 8.96. The Hall–Kier alpha value is -5.90. The van der Waals surface area contributed by atoms with Crippen molar-refractivity contribution in [3.63, 3.8) is 0 Å². The maximum Gasteiger partial charge on any atom is 0.329 e. The zero-order valence-corrected chi connectivity index (χ0v) is 28.9. The Morgan fingerprint density at radius 3 is 2.61 bits per heavy atom. The van der Waals surface area contributed by atoms with Crippen LogP contribution in [0.15, 0.2) is 53.5 Å². The highest BCUT2D eigenvalue weighted by atomic mass is 35.5. The summed E-state index contributed by atoms with van der Waals surface area (Å²) in [5.74, 6) is 1.58. The van der Waals surface area contributed by atoms with Crippen LogP contribution in [0.4, 0.5) is 28.1 Å². The number of rotatable bonds is 9. The molecule has 17 heteroatoms. The highest BCUT2D eigenvalue weighted by Gasteiger charge is 2.29. The van der Waals surface area contributed by atoms with Crippen LogP contribution in [-0.4, -0.2) is 81.6 Å². The van der Waals surface area contributed by atoms with Crippen LogP contribution >= 0.6 is 11.6 Å². The van der Waals surface area contributed by atoms with Gasteiger partial charge in [-0.05, 0) is 36.4 Å². The van der Waals surface area contributed by atoms with Gasteiger partial charge in [-0.3, -0.25) is 29.3 Å². The smallest absolute Gasteiger partial charge is 0.329 e. The molecule has 2 fully saturated rings. The quantitative estimate of drug-likeness (QED) is 0.204. The summed E-state index contributed by atoms with van der Waals surface area (Å²) >= 11 is 6.51. The minimum absolute atomic E-state index is 0.0334. The Labute approximate surface area is 296 Å². The second kappa shape index (κ2) is 13.8. The molecular weight excluding hydrogens is 680 g/mol. The molecule has 5 heterocycles. The first-order valence-electron chi connectivity index (χ1n) is 16.3. The van der Waals surface area contributed by atoms with E-state index in [2.05, 4.69) is 30.9 Å². The summed E-state index contributed by atoms with van der Waals surface area (Å²) in [5.41, 5.74) is 1.83. The molecule has 0 bridgehead atoms. The molecule has 0 spiro atoms. The third kappa shape index (κ3) is 6.81. The highest BCUT2D eigenvalue weighted by molar-refractivity contribution is 6.33. The molecule has 2 aliphatic rings. The summed E-state index contributed by atoms with van der Waals surface area (Å²) in [6, 6.07) is 12.3. The van der Waals surface area contributed by atoms with E-state index in [0.29, 0.717) is 52.6 Å². The van der Waals surface area contributed by atoms with Crippen LogP contribution in [0.5, 0.6) is 11.5 Å². The summed E-state index contributed by atoms with van der Waals surface area (Å²) < 4.78 is 15.0. The molecule has 5 aromatic rings. The van der Waals surface area contributed by atoms with Gasteiger partial charge < -0.3 is 29.6 Å². The zero-order valence-electron chi connectivity index (χ0n) is 28.1. The van der Waals surface area contributed by atoms with E-state index in [4.69, 9.17) is 26.1 Å². The summed E-state index contributed by atoms with van der Waals surface area (Å²) in [6.45, 7) is 1.33. The minimum Gasteiger partial charge on any atom is -0.490 e. The predicted molar refractivity (Wildman–Crippen MR) is 191 cm³/mol. The lowest BCUT2D eigenvalue weighted by Crippen LogP contribution is -2.49. The van der Waals surface area contributed by atoms with Gasteiger partial charge in [-0.15, -0.1) is 0 Å². The average Bonchev–Trinajstić information content (AvgIpc) is 3.45. The summed E-state index contributed by atoms with van der Waals surface area (Å²) in [5, 5.41) is 14.5. The van der Waals surface area contributed by atoms with Crippen molar-refractivity contribution in [2.45, 2.75) is 25.4 Å². The number of aromatic nitrogens is 5. The van der Waals surface area contributed by atoms with Gasteiger partial charge in [0.2, 0.25) is 11.9 Å². The molecule has 2 aliphatic heterocycles. The number of hydrogen-bond donors (Lipinski definition) is 3. The Morgan fingerprint density at radius 1 is 1.04 bits per heavy atom. The van der Waals surface area contributed by atoms with Gasteiger partial charge in [-0.25, -0.2) is 9.78 Å². The number of amides is 4. The van der Waals surface area contributed by atoms with Crippen molar-refractivity contribution in [2.24, 2.45) is 14.1 Å². The van der Waals surface area contributed by atoms with Gasteiger partial charge in [0.1, 0.15) is 16.9 Å². The largest absolute Gasteiger partial charge is 0.490 e. The van der Waals surface area contributed by atoms with E-state index in [1.54, 1.807) is 24.0 Å². The molecule has 2 aromatic carbocycles. The van der Waals surface area contributed by atoms with Crippen LogP contribution < -0.4 is 40.8 Å². The normalized spacial score (nSPS) is 15.3. The number of carbonyl (C=O) groups excluding carboxylic acids is 3. The fourth-order valence-electron chi connectivity index (χ4n) is 6.21. The summed E-state index contributed by atoms with van der Waals surface area (Å²) in [7, 11) is 4.95. The number of aryl methyl sites for hydroxylation is 2. The number of hydrogen-bond acceptors (Lipinski definition) is 11. The van der Waals surface area contributed by atoms with Gasteiger partial charge in [0.25, 0.3) is 11.5 Å². The molecule has 0 atom stereocenters. The lowest BCUT2D eigenvalue weighted by molar-refractivity contribution is -0.122. The number of benzene rings is 2. The van der Waals surface area contributed by atoms with Crippen molar-refractivity contribution < 1.29 is 23.9 Å². The van der Waals surface area contributed by atoms with E-state index in [1.165, 1.54) is 16.5 Å². The van der Waals surface area contributed by atoms with Gasteiger partial charge in [0.15, 0.2) is 24.0 Å². The number of fused-ring (bicyclic) bond motifs is 2. The van der Waals surface area contributed by atoms with Gasteiger partial charge in [-0.2, -0.15) is 10.1 Å². The first kappa shape index (κ1) is 33.6. The number of piperidine rings is 1. The second-order valence-corrected chi connectivity index (χ2v) is 12.7. The van der Waals surface area contributed by atoms with E-state index in [0.717, 1.165) is 29.1 Å². The van der Waals surface area contributed by atoms with E-state index in [-0.39, 0.29) is 48.8 Å². The number of ether oxygens (including phenoxy) is 2. The van der Waals surface area contributed by atoms with Crippen molar-refractivity contribution in [1.82, 2.24) is 34.9 Å². The Bertz CT molecular complexity index is 2250. The third-order valence-corrected chi connectivity index (χ3v) is 9.24. The van der Waals surface area contributed by atoms with Crippen LogP contribution in [0, 0.1) is 0 Å². The monoisotopic (exact) mass is 714 g/mol. The van der Waals surface area contributed by atoms with Gasteiger partial charge in [-0.1, -0.05) is 11.6 Å². The fourth-order valence-corrected chi connectivity index (χ4v) is 6.35. The maximum atomic E-state index is 12.8. The molecule has 16 nitrogen and oxygen atoms in total. The Kier molecular flexibility index (Phi) is 9.08. The van der Waals surface area contributed by atoms with Gasteiger partial charge >= 0.3 is 6.03 Å². The maximum absolute atomic E-state index is 12.8. The Morgan fingerprint density at radius 2 is 1.84 bits per heavy atom. The van der Waals surface area contributed by atoms with Crippen LogP contribution in [0.3, 0.4) is 0 Å². The number of urea groups is 1. The minimum atomic E-state index is -0.477. The lowest BCUT2D eigenvalue weighted by atomic mass is 10.1. The topological polar surface area (TPSA) is 178 Å². The number of halogens is 1. The van der Waals surface area contributed by atoms with Gasteiger partial charge in [0, 0.05) is 82.6 Å². The fraction of sp³-hybridized carbons (Fsp3) is 0.324. The molecule has 3 aromatic heterocycles.